The van der Waals surface area contributed by atoms with E-state index in [1.165, 1.54) is 0 Å². The third-order valence-electron chi connectivity index (χ3n) is 2.91. The van der Waals surface area contributed by atoms with Gasteiger partial charge in [-0.05, 0) is 19.1 Å². The number of carbonyl (C=O) groups excluding carboxylic acids is 2. The number of ether oxygens (including phenoxy) is 1. The largest absolute Gasteiger partial charge is 0.479 e. The molecule has 0 bridgehead atoms. The van der Waals surface area contributed by atoms with Gasteiger partial charge in [-0.3, -0.25) is 9.59 Å². The van der Waals surface area contributed by atoms with E-state index >= 15 is 0 Å². The molecule has 1 N–H and O–H groups in total. The number of rotatable bonds is 3. The van der Waals surface area contributed by atoms with Crippen molar-refractivity contribution in [2.24, 2.45) is 0 Å². The number of hydrogen-bond acceptors (Lipinski definition) is 3. The van der Waals surface area contributed by atoms with Crippen molar-refractivity contribution in [1.82, 2.24) is 5.32 Å². The first-order valence-corrected chi connectivity index (χ1v) is 5.91. The molecule has 0 aliphatic carbocycles. The second kappa shape index (κ2) is 5.08. The Balaban J connectivity index is 2.22. The summed E-state index contributed by atoms with van der Waals surface area (Å²) < 4.78 is 5.52. The molecule has 0 radical (unpaired) electrons. The van der Waals surface area contributed by atoms with Gasteiger partial charge in [-0.15, -0.1) is 0 Å². The smallest absolute Gasteiger partial charge is 0.267 e. The van der Waals surface area contributed by atoms with E-state index in [-0.39, 0.29) is 18.2 Å². The van der Waals surface area contributed by atoms with Gasteiger partial charge in [-0.25, -0.2) is 0 Å². The number of nitrogens with zero attached hydrogens (tertiary/aromatic N) is 1. The summed E-state index contributed by atoms with van der Waals surface area (Å²) in [4.78, 5) is 24.9. The third-order valence-corrected chi connectivity index (χ3v) is 2.91. The van der Waals surface area contributed by atoms with Crippen LogP contribution in [-0.2, 0) is 9.59 Å². The summed E-state index contributed by atoms with van der Waals surface area (Å²) in [5.74, 6) is 0.485. The van der Waals surface area contributed by atoms with Crippen LogP contribution in [0.2, 0.25) is 0 Å². The van der Waals surface area contributed by atoms with Crippen LogP contribution in [0.5, 0.6) is 5.75 Å². The van der Waals surface area contributed by atoms with Crippen LogP contribution in [0, 0.1) is 0 Å². The van der Waals surface area contributed by atoms with E-state index in [9.17, 15) is 9.59 Å². The van der Waals surface area contributed by atoms with Crippen molar-refractivity contribution < 1.29 is 14.3 Å². The molecular weight excluding hydrogens is 232 g/mol. The minimum atomic E-state index is -0.510. The van der Waals surface area contributed by atoms with Crippen LogP contribution in [0.1, 0.15) is 13.3 Å². The average Bonchev–Trinajstić information content (AvgIpc) is 2.39. The van der Waals surface area contributed by atoms with Crippen LogP contribution in [0.15, 0.2) is 24.3 Å². The van der Waals surface area contributed by atoms with Crippen molar-refractivity contribution >= 4 is 17.5 Å². The van der Waals surface area contributed by atoms with E-state index in [4.69, 9.17) is 4.74 Å². The highest BCUT2D eigenvalue weighted by Crippen LogP contribution is 2.33. The van der Waals surface area contributed by atoms with Gasteiger partial charge >= 0.3 is 0 Å². The zero-order valence-electron chi connectivity index (χ0n) is 10.5. The Kier molecular flexibility index (Phi) is 3.50. The summed E-state index contributed by atoms with van der Waals surface area (Å²) in [5.41, 5.74) is 0.726. The predicted octanol–water partition coefficient (Wildman–Crippen LogP) is 0.937. The molecule has 18 heavy (non-hydrogen) atoms. The SMILES string of the molecule is CNC(=O)CCN1C(=O)C(C)Oc2ccccc21. The molecule has 0 spiro atoms. The number of hydrogen-bond donors (Lipinski definition) is 1. The van der Waals surface area contributed by atoms with Crippen molar-refractivity contribution in [3.05, 3.63) is 24.3 Å². The Morgan fingerprint density at radius 1 is 1.44 bits per heavy atom. The van der Waals surface area contributed by atoms with Gasteiger partial charge < -0.3 is 15.0 Å². The molecule has 5 nitrogen and oxygen atoms in total. The Labute approximate surface area is 106 Å². The van der Waals surface area contributed by atoms with E-state index in [1.807, 2.05) is 24.3 Å². The van der Waals surface area contributed by atoms with Crippen molar-refractivity contribution in [3.8, 4) is 5.75 Å². The highest BCUT2D eigenvalue weighted by Gasteiger charge is 2.31. The van der Waals surface area contributed by atoms with Crippen molar-refractivity contribution in [3.63, 3.8) is 0 Å². The highest BCUT2D eigenvalue weighted by atomic mass is 16.5. The average molecular weight is 248 g/mol. The Morgan fingerprint density at radius 2 is 2.17 bits per heavy atom. The predicted molar refractivity (Wildman–Crippen MR) is 67.6 cm³/mol. The summed E-state index contributed by atoms with van der Waals surface area (Å²) in [6.07, 6.45) is -0.229. The molecule has 0 aromatic heterocycles. The molecule has 1 aromatic rings. The topological polar surface area (TPSA) is 58.6 Å². The molecule has 1 aliphatic rings. The monoisotopic (exact) mass is 248 g/mol. The molecule has 96 valence electrons. The van der Waals surface area contributed by atoms with Crippen molar-refractivity contribution in [2.75, 3.05) is 18.5 Å². The van der Waals surface area contributed by atoms with Crippen LogP contribution in [-0.4, -0.2) is 31.5 Å². The van der Waals surface area contributed by atoms with E-state index < -0.39 is 6.10 Å². The number of fused-ring (bicyclic) bond motifs is 1. The van der Waals surface area contributed by atoms with Gasteiger partial charge in [0.25, 0.3) is 5.91 Å². The molecule has 0 saturated carbocycles. The summed E-state index contributed by atoms with van der Waals surface area (Å²) in [5, 5.41) is 2.55. The molecule has 5 heteroatoms. The number of anilines is 1. The first-order chi connectivity index (χ1) is 8.63. The highest BCUT2D eigenvalue weighted by molar-refractivity contribution is 6.00. The lowest BCUT2D eigenvalue weighted by atomic mass is 10.1. The molecule has 2 rings (SSSR count). The number of carbonyl (C=O) groups is 2. The Hall–Kier alpha value is -2.04. The second-order valence-electron chi connectivity index (χ2n) is 4.14. The van der Waals surface area contributed by atoms with Gasteiger partial charge in [0, 0.05) is 20.0 Å². The fourth-order valence-electron chi connectivity index (χ4n) is 1.93. The fraction of sp³-hybridized carbons (Fsp3) is 0.385. The van der Waals surface area contributed by atoms with Crippen LogP contribution in [0.25, 0.3) is 0 Å². The van der Waals surface area contributed by atoms with Crippen LogP contribution in [0.4, 0.5) is 5.69 Å². The zero-order chi connectivity index (χ0) is 13.1. The lowest BCUT2D eigenvalue weighted by Gasteiger charge is -2.32. The van der Waals surface area contributed by atoms with E-state index in [0.29, 0.717) is 12.3 Å². The van der Waals surface area contributed by atoms with Crippen molar-refractivity contribution in [1.29, 1.82) is 0 Å². The maximum atomic E-state index is 12.1. The molecule has 1 atom stereocenters. The van der Waals surface area contributed by atoms with Crippen LogP contribution >= 0.6 is 0 Å². The first-order valence-electron chi connectivity index (χ1n) is 5.91. The van der Waals surface area contributed by atoms with Gasteiger partial charge in [0.2, 0.25) is 5.91 Å². The van der Waals surface area contributed by atoms with Gasteiger partial charge in [-0.2, -0.15) is 0 Å². The van der Waals surface area contributed by atoms with E-state index in [2.05, 4.69) is 5.32 Å². The number of amides is 2. The molecule has 1 unspecified atom stereocenters. The molecule has 1 aromatic carbocycles. The van der Waals surface area contributed by atoms with Gasteiger partial charge in [0.1, 0.15) is 5.75 Å². The molecular formula is C13H16N2O3. The molecule has 1 aliphatic heterocycles. The number of nitrogens with one attached hydrogen (secondary N) is 1. The standard InChI is InChI=1S/C13H16N2O3/c1-9-13(17)15(8-7-12(16)14-2)10-5-3-4-6-11(10)18-9/h3-6,9H,7-8H2,1-2H3,(H,14,16). The lowest BCUT2D eigenvalue weighted by molar-refractivity contribution is -0.125. The maximum absolute atomic E-state index is 12.1. The van der Waals surface area contributed by atoms with Crippen LogP contribution < -0.4 is 15.0 Å². The molecule has 2 amide bonds. The quantitative estimate of drug-likeness (QED) is 0.866. The zero-order valence-corrected chi connectivity index (χ0v) is 10.5. The lowest BCUT2D eigenvalue weighted by Crippen LogP contribution is -2.45. The molecule has 1 heterocycles. The number of benzene rings is 1. The maximum Gasteiger partial charge on any atom is 0.267 e. The normalized spacial score (nSPS) is 18.0. The first kappa shape index (κ1) is 12.4. The van der Waals surface area contributed by atoms with Crippen LogP contribution in [0.3, 0.4) is 0 Å². The van der Waals surface area contributed by atoms with E-state index in [1.54, 1.807) is 18.9 Å². The van der Waals surface area contributed by atoms with Crippen molar-refractivity contribution in [2.45, 2.75) is 19.4 Å². The fourth-order valence-corrected chi connectivity index (χ4v) is 1.93. The Morgan fingerprint density at radius 3 is 2.89 bits per heavy atom. The summed E-state index contributed by atoms with van der Waals surface area (Å²) in [7, 11) is 1.58. The molecule has 0 fully saturated rings. The minimum absolute atomic E-state index is 0.0839. The number of para-hydroxylation sites is 2. The second-order valence-corrected chi connectivity index (χ2v) is 4.14. The van der Waals surface area contributed by atoms with E-state index in [0.717, 1.165) is 5.69 Å². The minimum Gasteiger partial charge on any atom is -0.479 e. The summed E-state index contributed by atoms with van der Waals surface area (Å²) in [6, 6.07) is 7.35. The molecule has 0 saturated heterocycles. The van der Waals surface area contributed by atoms with Gasteiger partial charge in [-0.1, -0.05) is 12.1 Å². The third kappa shape index (κ3) is 2.30. The van der Waals surface area contributed by atoms with Gasteiger partial charge in [0.05, 0.1) is 5.69 Å². The summed E-state index contributed by atoms with van der Waals surface area (Å²) in [6.45, 7) is 2.08. The van der Waals surface area contributed by atoms with Gasteiger partial charge in [0.15, 0.2) is 6.10 Å². The summed E-state index contributed by atoms with van der Waals surface area (Å²) >= 11 is 0. The Bertz CT molecular complexity index is 473.